The van der Waals surface area contributed by atoms with E-state index in [2.05, 4.69) is 4.72 Å². The van der Waals surface area contributed by atoms with Crippen LogP contribution in [0.1, 0.15) is 6.92 Å². The summed E-state index contributed by atoms with van der Waals surface area (Å²) in [4.78, 5) is 0. The Balaban J connectivity index is 2.54. The van der Waals surface area contributed by atoms with Crippen molar-refractivity contribution in [3.05, 3.63) is 30.3 Å². The lowest BCUT2D eigenvalue weighted by molar-refractivity contribution is 0.586. The summed E-state index contributed by atoms with van der Waals surface area (Å²) in [6.45, 7) is 2.18. The molecular formula is C10H11NO2S2. The summed E-state index contributed by atoms with van der Waals surface area (Å²) in [5.41, 5.74) is 0. The predicted molar refractivity (Wildman–Crippen MR) is 62.7 cm³/mol. The lowest BCUT2D eigenvalue weighted by Gasteiger charge is -1.99. The first-order valence-electron chi connectivity index (χ1n) is 4.62. The maximum absolute atomic E-state index is 11.7. The van der Waals surface area contributed by atoms with Gasteiger partial charge in [0.1, 0.15) is 4.21 Å². The second-order valence-electron chi connectivity index (χ2n) is 3.10. The molecule has 0 aliphatic carbocycles. The second kappa shape index (κ2) is 3.92. The van der Waals surface area contributed by atoms with Gasteiger partial charge in [0.15, 0.2) is 0 Å². The fourth-order valence-electron chi connectivity index (χ4n) is 1.35. The summed E-state index contributed by atoms with van der Waals surface area (Å²) < 4.78 is 27.3. The molecule has 0 aliphatic heterocycles. The van der Waals surface area contributed by atoms with Gasteiger partial charge >= 0.3 is 0 Å². The van der Waals surface area contributed by atoms with Gasteiger partial charge in [-0.15, -0.1) is 11.3 Å². The molecule has 1 aromatic carbocycles. The van der Waals surface area contributed by atoms with Gasteiger partial charge in [-0.25, -0.2) is 13.1 Å². The Morgan fingerprint density at radius 3 is 2.73 bits per heavy atom. The average molecular weight is 241 g/mol. The highest BCUT2D eigenvalue weighted by atomic mass is 32.2. The molecule has 1 heterocycles. The van der Waals surface area contributed by atoms with Crippen molar-refractivity contribution in [1.29, 1.82) is 0 Å². The fourth-order valence-corrected chi connectivity index (χ4v) is 3.83. The molecule has 0 atom stereocenters. The molecule has 0 saturated carbocycles. The quantitative estimate of drug-likeness (QED) is 0.895. The Morgan fingerprint density at radius 2 is 2.07 bits per heavy atom. The Kier molecular flexibility index (Phi) is 2.77. The molecule has 0 radical (unpaired) electrons. The first-order valence-corrected chi connectivity index (χ1v) is 6.91. The summed E-state index contributed by atoms with van der Waals surface area (Å²) in [6.07, 6.45) is 0. The second-order valence-corrected chi connectivity index (χ2v) is 6.18. The molecule has 0 aliphatic rings. The normalized spacial score (nSPS) is 12.1. The number of fused-ring (bicyclic) bond motifs is 1. The molecule has 0 amide bonds. The van der Waals surface area contributed by atoms with E-state index >= 15 is 0 Å². The van der Waals surface area contributed by atoms with Crippen LogP contribution in [0.25, 0.3) is 10.1 Å². The number of thiophene rings is 1. The van der Waals surface area contributed by atoms with Crippen LogP contribution in [0, 0.1) is 0 Å². The number of sulfonamides is 1. The topological polar surface area (TPSA) is 46.2 Å². The molecule has 1 N–H and O–H groups in total. The number of benzene rings is 1. The van der Waals surface area contributed by atoms with Crippen molar-refractivity contribution in [1.82, 2.24) is 4.72 Å². The van der Waals surface area contributed by atoms with Gasteiger partial charge < -0.3 is 0 Å². The van der Waals surface area contributed by atoms with Gasteiger partial charge in [0, 0.05) is 11.2 Å². The van der Waals surface area contributed by atoms with Crippen LogP contribution in [-0.2, 0) is 10.0 Å². The van der Waals surface area contributed by atoms with E-state index in [4.69, 9.17) is 0 Å². The highest BCUT2D eigenvalue weighted by Gasteiger charge is 2.15. The van der Waals surface area contributed by atoms with Gasteiger partial charge in [0.25, 0.3) is 0 Å². The number of hydrogen-bond donors (Lipinski definition) is 1. The standard InChI is InChI=1S/C10H11NO2S2/c1-2-11-15(12,13)10-7-8-5-3-4-6-9(8)14-10/h3-7,11H,2H2,1H3. The Morgan fingerprint density at radius 1 is 1.33 bits per heavy atom. The van der Waals surface area contributed by atoms with E-state index < -0.39 is 10.0 Å². The zero-order valence-electron chi connectivity index (χ0n) is 8.23. The molecule has 0 fully saturated rings. The maximum atomic E-state index is 11.7. The molecule has 80 valence electrons. The molecule has 0 bridgehead atoms. The van der Waals surface area contributed by atoms with Gasteiger partial charge in [-0.1, -0.05) is 25.1 Å². The minimum atomic E-state index is -3.30. The van der Waals surface area contributed by atoms with E-state index in [1.807, 2.05) is 24.3 Å². The van der Waals surface area contributed by atoms with Crippen LogP contribution < -0.4 is 4.72 Å². The average Bonchev–Trinajstić information content (AvgIpc) is 2.61. The number of hydrogen-bond acceptors (Lipinski definition) is 3. The SMILES string of the molecule is CCNS(=O)(=O)c1cc2ccccc2s1. The van der Waals surface area contributed by atoms with E-state index in [9.17, 15) is 8.42 Å². The van der Waals surface area contributed by atoms with Crippen LogP contribution in [0.2, 0.25) is 0 Å². The van der Waals surface area contributed by atoms with E-state index in [0.717, 1.165) is 10.1 Å². The first kappa shape index (κ1) is 10.6. The maximum Gasteiger partial charge on any atom is 0.250 e. The third-order valence-electron chi connectivity index (χ3n) is 2.00. The van der Waals surface area contributed by atoms with Crippen LogP contribution in [-0.4, -0.2) is 15.0 Å². The van der Waals surface area contributed by atoms with E-state index in [1.54, 1.807) is 13.0 Å². The largest absolute Gasteiger partial charge is 0.250 e. The summed E-state index contributed by atoms with van der Waals surface area (Å²) in [6, 6.07) is 9.35. The third kappa shape index (κ3) is 2.04. The monoisotopic (exact) mass is 241 g/mol. The smallest absolute Gasteiger partial charge is 0.211 e. The molecule has 2 aromatic rings. The van der Waals surface area contributed by atoms with Gasteiger partial charge in [0.2, 0.25) is 10.0 Å². The summed E-state index contributed by atoms with van der Waals surface area (Å²) in [5, 5.41) is 0.971. The van der Waals surface area contributed by atoms with E-state index in [1.165, 1.54) is 11.3 Å². The fraction of sp³-hybridized carbons (Fsp3) is 0.200. The zero-order chi connectivity index (χ0) is 10.9. The van der Waals surface area contributed by atoms with E-state index in [0.29, 0.717) is 10.8 Å². The van der Waals surface area contributed by atoms with Crippen LogP contribution in [0.5, 0.6) is 0 Å². The highest BCUT2D eigenvalue weighted by molar-refractivity contribution is 7.91. The summed E-state index contributed by atoms with van der Waals surface area (Å²) >= 11 is 1.29. The van der Waals surface area contributed by atoms with Gasteiger partial charge in [0.05, 0.1) is 0 Å². The lowest BCUT2D eigenvalue weighted by Crippen LogP contribution is -2.22. The molecule has 15 heavy (non-hydrogen) atoms. The summed E-state index contributed by atoms with van der Waals surface area (Å²) in [7, 11) is -3.30. The third-order valence-corrected chi connectivity index (χ3v) is 5.14. The predicted octanol–water partition coefficient (Wildman–Crippen LogP) is 2.20. The number of rotatable bonds is 3. The first-order chi connectivity index (χ1) is 7.13. The minimum absolute atomic E-state index is 0.380. The van der Waals surface area contributed by atoms with Crippen molar-refractivity contribution in [2.24, 2.45) is 0 Å². The van der Waals surface area contributed by atoms with Gasteiger partial charge in [-0.3, -0.25) is 0 Å². The Labute approximate surface area is 92.8 Å². The van der Waals surface area contributed by atoms with Gasteiger partial charge in [-0.05, 0) is 17.5 Å². The van der Waals surface area contributed by atoms with Crippen molar-refractivity contribution >= 4 is 31.4 Å². The van der Waals surface area contributed by atoms with Crippen LogP contribution >= 0.6 is 11.3 Å². The lowest BCUT2D eigenvalue weighted by atomic mass is 10.3. The van der Waals surface area contributed by atoms with Crippen LogP contribution in [0.3, 0.4) is 0 Å². The van der Waals surface area contributed by atoms with Crippen LogP contribution in [0.15, 0.2) is 34.5 Å². The summed E-state index contributed by atoms with van der Waals surface area (Å²) in [5.74, 6) is 0. The van der Waals surface area contributed by atoms with Gasteiger partial charge in [-0.2, -0.15) is 0 Å². The minimum Gasteiger partial charge on any atom is -0.211 e. The molecule has 0 saturated heterocycles. The molecular weight excluding hydrogens is 230 g/mol. The molecule has 3 nitrogen and oxygen atoms in total. The van der Waals surface area contributed by atoms with Crippen molar-refractivity contribution in [2.75, 3.05) is 6.54 Å². The molecule has 2 rings (SSSR count). The van der Waals surface area contributed by atoms with Crippen molar-refractivity contribution < 1.29 is 8.42 Å². The van der Waals surface area contributed by atoms with Crippen molar-refractivity contribution in [2.45, 2.75) is 11.1 Å². The number of nitrogens with one attached hydrogen (secondary N) is 1. The molecule has 0 spiro atoms. The van der Waals surface area contributed by atoms with E-state index in [-0.39, 0.29) is 0 Å². The molecule has 5 heteroatoms. The Hall–Kier alpha value is -0.910. The van der Waals surface area contributed by atoms with Crippen molar-refractivity contribution in [3.8, 4) is 0 Å². The highest BCUT2D eigenvalue weighted by Crippen LogP contribution is 2.28. The molecule has 0 unspecified atom stereocenters. The zero-order valence-corrected chi connectivity index (χ0v) is 9.86. The van der Waals surface area contributed by atoms with Crippen LogP contribution in [0.4, 0.5) is 0 Å². The molecule has 1 aromatic heterocycles. The Bertz CT molecular complexity index is 539. The van der Waals surface area contributed by atoms with Crippen molar-refractivity contribution in [3.63, 3.8) is 0 Å².